The minimum absolute atomic E-state index is 0.133. The van der Waals surface area contributed by atoms with Gasteiger partial charge in [-0.1, -0.05) is 23.3 Å². The number of benzene rings is 2. The van der Waals surface area contributed by atoms with Gasteiger partial charge in [0.05, 0.1) is 21.8 Å². The first-order valence-corrected chi connectivity index (χ1v) is 11.3. The molecule has 0 aliphatic heterocycles. The zero-order chi connectivity index (χ0) is 22.9. The first-order chi connectivity index (χ1) is 13.7. The van der Waals surface area contributed by atoms with Crippen LogP contribution in [0.5, 0.6) is 0 Å². The minimum Gasteiger partial charge on any atom is -0.427 e. The van der Waals surface area contributed by atoms with Crippen LogP contribution in [0, 0.1) is 26.2 Å². The summed E-state index contributed by atoms with van der Waals surface area (Å²) in [5.74, 6) is 0. The summed E-state index contributed by atoms with van der Waals surface area (Å²) in [6, 6.07) is 8.32. The van der Waals surface area contributed by atoms with Crippen molar-refractivity contribution < 1.29 is 18.2 Å². The van der Waals surface area contributed by atoms with Gasteiger partial charge in [0.1, 0.15) is 0 Å². The van der Waals surface area contributed by atoms with Gasteiger partial charge < -0.3 is 15.2 Å². The summed E-state index contributed by atoms with van der Waals surface area (Å²) in [6.45, 7) is 12.6. The van der Waals surface area contributed by atoms with E-state index >= 15 is 0 Å². The predicted octanol–water partition coefficient (Wildman–Crippen LogP) is 2.95. The molecule has 30 heavy (non-hydrogen) atoms. The van der Waals surface area contributed by atoms with Gasteiger partial charge in [-0.15, -0.1) is 0 Å². The molecule has 2 aromatic carbocycles. The molecule has 0 amide bonds. The molecule has 2 rings (SSSR count). The van der Waals surface area contributed by atoms with Gasteiger partial charge in [-0.2, -0.15) is 0 Å². The topological polar surface area (TPSA) is 99.5 Å². The van der Waals surface area contributed by atoms with Crippen LogP contribution in [0.1, 0.15) is 49.9 Å². The van der Waals surface area contributed by atoms with Crippen LogP contribution in [-0.2, 0) is 14.7 Å². The van der Waals surface area contributed by atoms with Gasteiger partial charge in [0.2, 0.25) is 0 Å². The quantitative estimate of drug-likeness (QED) is 0.443. The molecule has 0 saturated carbocycles. The zero-order valence-corrected chi connectivity index (χ0v) is 19.6. The monoisotopic (exact) mass is 430 g/mol. The maximum absolute atomic E-state index is 12.9. The number of rotatable bonds is 8. The fourth-order valence-corrected chi connectivity index (χ4v) is 3.86. The van der Waals surface area contributed by atoms with E-state index in [1.807, 2.05) is 20.8 Å². The highest BCUT2D eigenvalue weighted by atomic mass is 32.2. The van der Waals surface area contributed by atoms with E-state index in [1.165, 1.54) is 0 Å². The molecule has 0 saturated heterocycles. The van der Waals surface area contributed by atoms with Crippen LogP contribution in [0.4, 0.5) is 5.69 Å². The summed E-state index contributed by atoms with van der Waals surface area (Å²) in [5.41, 5.74) is 2.32. The highest BCUT2D eigenvalue weighted by Crippen LogP contribution is 2.26. The first-order valence-electron chi connectivity index (χ1n) is 9.79. The molecule has 8 heteroatoms. The van der Waals surface area contributed by atoms with E-state index in [-0.39, 0.29) is 12.4 Å². The van der Waals surface area contributed by atoms with Gasteiger partial charge in [-0.25, -0.2) is 8.42 Å². The number of hydrogen-bond donors (Lipinski definition) is 3. The van der Waals surface area contributed by atoms with Gasteiger partial charge in [0.25, 0.3) is 10.0 Å². The molecule has 0 aromatic heterocycles. The highest BCUT2D eigenvalue weighted by Gasteiger charge is 2.36. The first kappa shape index (κ1) is 24.1. The number of sulfonamides is 1. The van der Waals surface area contributed by atoms with E-state index in [1.54, 1.807) is 58.0 Å². The van der Waals surface area contributed by atoms with Crippen LogP contribution < -0.4 is 10.2 Å². The zero-order valence-electron chi connectivity index (χ0n) is 18.8. The molecule has 0 heterocycles. The van der Waals surface area contributed by atoms with Crippen LogP contribution in [0.15, 0.2) is 35.2 Å². The van der Waals surface area contributed by atoms with Crippen molar-refractivity contribution >= 4 is 34.9 Å². The maximum Gasteiger partial charge on any atom is 0.310 e. The molecular formula is C22H31BN2O4S. The maximum atomic E-state index is 12.9. The Bertz CT molecular complexity index is 1040. The molecule has 0 atom stereocenters. The Morgan fingerprint density at radius 1 is 1.10 bits per heavy atom. The number of anilines is 1. The minimum atomic E-state index is -3.81. The number of nitrogens with one attached hydrogen (secondary N) is 2. The van der Waals surface area contributed by atoms with Gasteiger partial charge in [0, 0.05) is 11.8 Å². The molecule has 162 valence electrons. The molecule has 2 aromatic rings. The van der Waals surface area contributed by atoms with Crippen LogP contribution in [0.3, 0.4) is 0 Å². The number of hydrogen-bond acceptors (Lipinski definition) is 5. The second-order valence-electron chi connectivity index (χ2n) is 8.68. The van der Waals surface area contributed by atoms with Crippen molar-refractivity contribution in [2.24, 2.45) is 0 Å². The Labute approximate surface area is 180 Å². The SMILES string of the molecule is Cc1ccc(S(=O)(=O)Nc2cc(C)c(C)c(BOC(C)(C)C(C)(C)O)c2C=N)cc1. The molecule has 3 N–H and O–H groups in total. The standard InChI is InChI=1S/C22H31BN2O4S/c1-14-8-10-17(11-9-14)30(27,28)25-19-12-15(2)16(3)20(18(19)13-24)23-29-22(6,7)21(4,5)26/h8-13,23-26H,1-7H3. The van der Waals surface area contributed by atoms with Crippen molar-refractivity contribution in [3.8, 4) is 0 Å². The molecule has 0 spiro atoms. The Morgan fingerprint density at radius 2 is 1.67 bits per heavy atom. The van der Waals surface area contributed by atoms with E-state index in [4.69, 9.17) is 10.1 Å². The Kier molecular flexibility index (Phi) is 6.86. The summed E-state index contributed by atoms with van der Waals surface area (Å²) in [5, 5.41) is 18.3. The third kappa shape index (κ3) is 5.12. The van der Waals surface area contributed by atoms with Gasteiger partial charge in [-0.3, -0.25) is 4.72 Å². The second kappa shape index (κ2) is 8.53. The molecular weight excluding hydrogens is 399 g/mol. The predicted molar refractivity (Wildman–Crippen MR) is 124 cm³/mol. The van der Waals surface area contributed by atoms with Gasteiger partial charge in [0.15, 0.2) is 0 Å². The van der Waals surface area contributed by atoms with Crippen LogP contribution >= 0.6 is 0 Å². The molecule has 0 fully saturated rings. The summed E-state index contributed by atoms with van der Waals surface area (Å²) < 4.78 is 34.4. The lowest BCUT2D eigenvalue weighted by Crippen LogP contribution is -2.49. The third-order valence-electron chi connectivity index (χ3n) is 5.79. The highest BCUT2D eigenvalue weighted by molar-refractivity contribution is 7.92. The smallest absolute Gasteiger partial charge is 0.310 e. The lowest BCUT2D eigenvalue weighted by atomic mass is 9.76. The van der Waals surface area contributed by atoms with Crippen LogP contribution in [-0.4, -0.2) is 38.4 Å². The molecule has 6 nitrogen and oxygen atoms in total. The van der Waals surface area contributed by atoms with E-state index in [2.05, 4.69) is 4.72 Å². The summed E-state index contributed by atoms with van der Waals surface area (Å²) in [4.78, 5) is 0.156. The van der Waals surface area contributed by atoms with Crippen molar-refractivity contribution in [2.75, 3.05) is 4.72 Å². The molecule has 0 aliphatic rings. The Balaban J connectivity index is 2.47. The average Bonchev–Trinajstić information content (AvgIpc) is 2.62. The third-order valence-corrected chi connectivity index (χ3v) is 7.17. The summed E-state index contributed by atoms with van der Waals surface area (Å²) in [6.07, 6.45) is 1.13. The molecule has 0 aliphatic carbocycles. The van der Waals surface area contributed by atoms with Crippen molar-refractivity contribution in [1.82, 2.24) is 0 Å². The summed E-state index contributed by atoms with van der Waals surface area (Å²) >= 11 is 0. The second-order valence-corrected chi connectivity index (χ2v) is 10.4. The fraction of sp³-hybridized carbons (Fsp3) is 0.409. The van der Waals surface area contributed by atoms with Gasteiger partial charge in [-0.05, 0) is 77.7 Å². The lowest BCUT2D eigenvalue weighted by molar-refractivity contribution is -0.0893. The number of aliphatic hydroxyl groups is 1. The van der Waals surface area contributed by atoms with E-state index in [0.29, 0.717) is 16.7 Å². The Hall–Kier alpha value is -2.16. The van der Waals surface area contributed by atoms with E-state index in [9.17, 15) is 13.5 Å². The Morgan fingerprint density at radius 3 is 2.17 bits per heavy atom. The van der Waals surface area contributed by atoms with Crippen molar-refractivity contribution in [3.05, 3.63) is 52.6 Å². The van der Waals surface area contributed by atoms with Crippen molar-refractivity contribution in [3.63, 3.8) is 0 Å². The molecule has 0 bridgehead atoms. The van der Waals surface area contributed by atoms with Crippen LogP contribution in [0.2, 0.25) is 0 Å². The molecule has 0 unspecified atom stereocenters. The van der Waals surface area contributed by atoms with Gasteiger partial charge >= 0.3 is 7.48 Å². The normalized spacial score (nSPS) is 12.5. The average molecular weight is 430 g/mol. The van der Waals surface area contributed by atoms with E-state index in [0.717, 1.165) is 22.9 Å². The van der Waals surface area contributed by atoms with Crippen molar-refractivity contribution in [1.29, 1.82) is 5.41 Å². The van der Waals surface area contributed by atoms with Crippen molar-refractivity contribution in [2.45, 2.75) is 64.6 Å². The largest absolute Gasteiger partial charge is 0.427 e. The van der Waals surface area contributed by atoms with E-state index < -0.39 is 21.2 Å². The molecule has 0 radical (unpaired) electrons. The number of aryl methyl sites for hydroxylation is 2. The lowest BCUT2D eigenvalue weighted by Gasteiger charge is -2.38. The van der Waals surface area contributed by atoms with Crippen LogP contribution in [0.25, 0.3) is 0 Å². The fourth-order valence-electron chi connectivity index (χ4n) is 2.79. The summed E-state index contributed by atoms with van der Waals surface area (Å²) in [7, 11) is -3.68.